The molecule has 0 aliphatic heterocycles. The number of benzene rings is 1. The fraction of sp³-hybridized carbons (Fsp3) is 0.0714. The molecule has 0 bridgehead atoms. The number of nitrogens with zero attached hydrogens (tertiary/aromatic N) is 3. The Labute approximate surface area is 104 Å². The van der Waals surface area contributed by atoms with Crippen LogP contribution in [0.5, 0.6) is 0 Å². The average molecular weight is 237 g/mol. The van der Waals surface area contributed by atoms with E-state index in [9.17, 15) is 4.79 Å². The first-order valence-electron chi connectivity index (χ1n) is 5.65. The molecular weight excluding hydrogens is 226 g/mol. The van der Waals surface area contributed by atoms with Gasteiger partial charge in [0.25, 0.3) is 0 Å². The second-order valence-electron chi connectivity index (χ2n) is 4.09. The normalized spacial score (nSPS) is 10.7. The Bertz CT molecular complexity index is 716. The number of fused-ring (bicyclic) bond motifs is 1. The average Bonchev–Trinajstić information content (AvgIpc) is 2.82. The van der Waals surface area contributed by atoms with Crippen LogP contribution in [0.2, 0.25) is 0 Å². The third-order valence-corrected chi connectivity index (χ3v) is 2.84. The van der Waals surface area contributed by atoms with E-state index in [2.05, 4.69) is 10.1 Å². The van der Waals surface area contributed by atoms with Crippen molar-refractivity contribution < 1.29 is 4.79 Å². The van der Waals surface area contributed by atoms with Gasteiger partial charge in [0.2, 0.25) is 0 Å². The highest BCUT2D eigenvalue weighted by atomic mass is 16.1. The zero-order chi connectivity index (χ0) is 12.5. The van der Waals surface area contributed by atoms with Gasteiger partial charge in [0.1, 0.15) is 0 Å². The Morgan fingerprint density at radius 2 is 1.89 bits per heavy atom. The van der Waals surface area contributed by atoms with Crippen LogP contribution in [-0.4, -0.2) is 20.4 Å². The summed E-state index contributed by atoms with van der Waals surface area (Å²) in [6, 6.07) is 9.95. The van der Waals surface area contributed by atoms with Crippen molar-refractivity contribution in [2.24, 2.45) is 0 Å². The summed E-state index contributed by atoms with van der Waals surface area (Å²) in [5, 5.41) is 4.16. The van der Waals surface area contributed by atoms with Crippen molar-refractivity contribution in [3.8, 4) is 11.1 Å². The highest BCUT2D eigenvalue weighted by molar-refractivity contribution is 5.99. The number of carbonyl (C=O) groups excluding carboxylic acids is 1. The second-order valence-corrected chi connectivity index (χ2v) is 4.09. The number of Topliss-reactive ketones (excluding diaryl/α,β-unsaturated/α-hetero) is 1. The Morgan fingerprint density at radius 1 is 1.11 bits per heavy atom. The topological polar surface area (TPSA) is 47.3 Å². The molecule has 0 aliphatic rings. The van der Waals surface area contributed by atoms with Crippen LogP contribution >= 0.6 is 0 Å². The molecule has 0 saturated heterocycles. The number of carbonyl (C=O) groups is 1. The van der Waals surface area contributed by atoms with Gasteiger partial charge in [0.05, 0.1) is 11.8 Å². The van der Waals surface area contributed by atoms with Crippen molar-refractivity contribution in [2.75, 3.05) is 0 Å². The molecule has 2 heterocycles. The Balaban J connectivity index is 2.16. The van der Waals surface area contributed by atoms with Gasteiger partial charge in [-0.1, -0.05) is 30.3 Å². The first-order chi connectivity index (χ1) is 8.75. The van der Waals surface area contributed by atoms with Crippen LogP contribution in [-0.2, 0) is 0 Å². The quantitative estimate of drug-likeness (QED) is 0.643. The van der Waals surface area contributed by atoms with Gasteiger partial charge < -0.3 is 0 Å². The van der Waals surface area contributed by atoms with Crippen molar-refractivity contribution >= 4 is 11.4 Å². The lowest BCUT2D eigenvalue weighted by Crippen LogP contribution is -1.95. The molecule has 4 nitrogen and oxygen atoms in total. The molecule has 0 amide bonds. The van der Waals surface area contributed by atoms with E-state index in [4.69, 9.17) is 0 Å². The van der Waals surface area contributed by atoms with E-state index in [0.29, 0.717) is 11.2 Å². The molecule has 0 N–H and O–H groups in total. The van der Waals surface area contributed by atoms with E-state index in [1.54, 1.807) is 16.9 Å². The van der Waals surface area contributed by atoms with E-state index in [0.717, 1.165) is 11.1 Å². The molecule has 0 atom stereocenters. The third kappa shape index (κ3) is 1.68. The zero-order valence-electron chi connectivity index (χ0n) is 9.87. The Morgan fingerprint density at radius 3 is 2.61 bits per heavy atom. The van der Waals surface area contributed by atoms with E-state index >= 15 is 0 Å². The minimum Gasteiger partial charge on any atom is -0.294 e. The standard InChI is InChI=1S/C14H11N3O/c1-10(18)13-8-16-17-9-12(7-15-14(13)17)11-5-3-2-4-6-11/h2-9H,1H3. The van der Waals surface area contributed by atoms with Gasteiger partial charge in [-0.15, -0.1) is 0 Å². The fourth-order valence-corrected chi connectivity index (χ4v) is 1.90. The summed E-state index contributed by atoms with van der Waals surface area (Å²) < 4.78 is 1.64. The second kappa shape index (κ2) is 4.07. The van der Waals surface area contributed by atoms with Crippen molar-refractivity contribution in [1.29, 1.82) is 0 Å². The zero-order valence-corrected chi connectivity index (χ0v) is 9.87. The van der Waals surface area contributed by atoms with Crippen molar-refractivity contribution in [2.45, 2.75) is 6.92 Å². The van der Waals surface area contributed by atoms with Crippen LogP contribution in [0.1, 0.15) is 17.3 Å². The molecule has 0 aliphatic carbocycles. The number of ketones is 1. The predicted molar refractivity (Wildman–Crippen MR) is 68.4 cm³/mol. The lowest BCUT2D eigenvalue weighted by molar-refractivity contribution is 0.101. The largest absolute Gasteiger partial charge is 0.294 e. The lowest BCUT2D eigenvalue weighted by atomic mass is 10.1. The molecule has 4 heteroatoms. The maximum absolute atomic E-state index is 11.4. The van der Waals surface area contributed by atoms with Gasteiger partial charge in [0, 0.05) is 18.0 Å². The smallest absolute Gasteiger partial charge is 0.165 e. The lowest BCUT2D eigenvalue weighted by Gasteiger charge is -2.01. The Hall–Kier alpha value is -2.49. The van der Waals surface area contributed by atoms with Gasteiger partial charge in [-0.05, 0) is 12.5 Å². The highest BCUT2D eigenvalue weighted by Crippen LogP contribution is 2.19. The molecule has 3 rings (SSSR count). The van der Waals surface area contributed by atoms with Crippen LogP contribution in [0.4, 0.5) is 0 Å². The first kappa shape index (κ1) is 10.7. The van der Waals surface area contributed by atoms with Gasteiger partial charge in [-0.25, -0.2) is 9.50 Å². The van der Waals surface area contributed by atoms with Crippen LogP contribution in [0.3, 0.4) is 0 Å². The van der Waals surface area contributed by atoms with Gasteiger partial charge in [-0.3, -0.25) is 4.79 Å². The summed E-state index contributed by atoms with van der Waals surface area (Å²) in [6.45, 7) is 1.52. The number of hydrogen-bond donors (Lipinski definition) is 0. The minimum atomic E-state index is -0.0232. The first-order valence-corrected chi connectivity index (χ1v) is 5.65. The van der Waals surface area contributed by atoms with Crippen molar-refractivity contribution in [1.82, 2.24) is 14.6 Å². The number of hydrogen-bond acceptors (Lipinski definition) is 3. The maximum Gasteiger partial charge on any atom is 0.165 e. The van der Waals surface area contributed by atoms with Crippen LogP contribution in [0, 0.1) is 0 Å². The molecule has 0 radical (unpaired) electrons. The van der Waals surface area contributed by atoms with Gasteiger partial charge in [-0.2, -0.15) is 5.10 Å². The van der Waals surface area contributed by atoms with E-state index in [-0.39, 0.29) is 5.78 Å². The molecule has 0 fully saturated rings. The van der Waals surface area contributed by atoms with Crippen LogP contribution in [0.25, 0.3) is 16.8 Å². The van der Waals surface area contributed by atoms with Crippen molar-refractivity contribution in [3.63, 3.8) is 0 Å². The summed E-state index contributed by atoms with van der Waals surface area (Å²) >= 11 is 0. The molecule has 2 aromatic heterocycles. The molecule has 0 saturated carbocycles. The summed E-state index contributed by atoms with van der Waals surface area (Å²) in [6.07, 6.45) is 5.20. The number of aromatic nitrogens is 3. The van der Waals surface area contributed by atoms with Gasteiger partial charge in [0.15, 0.2) is 11.4 Å². The maximum atomic E-state index is 11.4. The molecule has 88 valence electrons. The predicted octanol–water partition coefficient (Wildman–Crippen LogP) is 2.60. The SMILES string of the molecule is CC(=O)c1cnn2cc(-c3ccccc3)cnc12. The molecule has 1 aromatic carbocycles. The summed E-state index contributed by atoms with van der Waals surface area (Å²) in [5.74, 6) is -0.0232. The van der Waals surface area contributed by atoms with Crippen molar-refractivity contribution in [3.05, 3.63) is 54.5 Å². The molecular formula is C14H11N3O. The molecule has 3 aromatic rings. The van der Waals surface area contributed by atoms with Gasteiger partial charge >= 0.3 is 0 Å². The minimum absolute atomic E-state index is 0.0232. The Kier molecular flexibility index (Phi) is 2.41. The summed E-state index contributed by atoms with van der Waals surface area (Å²) in [4.78, 5) is 15.7. The van der Waals surface area contributed by atoms with E-state index < -0.39 is 0 Å². The van der Waals surface area contributed by atoms with E-state index in [1.807, 2.05) is 36.5 Å². The molecule has 0 unspecified atom stereocenters. The number of rotatable bonds is 2. The monoisotopic (exact) mass is 237 g/mol. The van der Waals surface area contributed by atoms with Crippen LogP contribution < -0.4 is 0 Å². The summed E-state index contributed by atoms with van der Waals surface area (Å²) in [7, 11) is 0. The van der Waals surface area contributed by atoms with E-state index in [1.165, 1.54) is 6.92 Å². The third-order valence-electron chi connectivity index (χ3n) is 2.84. The molecule has 18 heavy (non-hydrogen) atoms. The van der Waals surface area contributed by atoms with Crippen LogP contribution in [0.15, 0.2) is 48.9 Å². The summed E-state index contributed by atoms with van der Waals surface area (Å²) in [5.41, 5.74) is 3.20. The molecule has 0 spiro atoms. The fourth-order valence-electron chi connectivity index (χ4n) is 1.90. The highest BCUT2D eigenvalue weighted by Gasteiger charge is 2.10.